The average molecular weight is 440 g/mol. The summed E-state index contributed by atoms with van der Waals surface area (Å²) < 4.78 is 10.1. The predicted molar refractivity (Wildman–Crippen MR) is 117 cm³/mol. The maximum atomic E-state index is 12.7. The van der Waals surface area contributed by atoms with E-state index < -0.39 is 11.9 Å². The van der Waals surface area contributed by atoms with E-state index in [0.717, 1.165) is 28.9 Å². The van der Waals surface area contributed by atoms with Gasteiger partial charge in [0.15, 0.2) is 0 Å². The lowest BCUT2D eigenvalue weighted by Gasteiger charge is -2.43. The van der Waals surface area contributed by atoms with Crippen LogP contribution in [0.1, 0.15) is 29.4 Å². The topological polar surface area (TPSA) is 104 Å². The molecule has 3 heterocycles. The van der Waals surface area contributed by atoms with Gasteiger partial charge in [0.25, 0.3) is 0 Å². The molecule has 0 radical (unpaired) electrons. The van der Waals surface area contributed by atoms with Crippen molar-refractivity contribution in [3.05, 3.63) is 71.1 Å². The van der Waals surface area contributed by atoms with Crippen LogP contribution < -0.4 is 0 Å². The molecule has 3 aromatic heterocycles. The highest BCUT2D eigenvalue weighted by Gasteiger charge is 2.64. The number of carbonyl (C=O) groups excluding carboxylic acids is 2. The summed E-state index contributed by atoms with van der Waals surface area (Å²) in [7, 11) is 2.67. The van der Waals surface area contributed by atoms with Crippen molar-refractivity contribution in [3.63, 3.8) is 0 Å². The van der Waals surface area contributed by atoms with Crippen molar-refractivity contribution in [2.45, 2.75) is 18.3 Å². The summed E-state index contributed by atoms with van der Waals surface area (Å²) >= 11 is 0. The van der Waals surface area contributed by atoms with Gasteiger partial charge in [0.05, 0.1) is 36.8 Å². The molecule has 0 spiro atoms. The summed E-state index contributed by atoms with van der Waals surface area (Å²) in [6.45, 7) is 0. The number of rotatable bonds is 4. The zero-order valence-corrected chi connectivity index (χ0v) is 18.1. The van der Waals surface area contributed by atoms with Crippen molar-refractivity contribution in [3.8, 4) is 22.8 Å². The Labute approximate surface area is 189 Å². The molecule has 0 unspecified atom stereocenters. The van der Waals surface area contributed by atoms with E-state index in [2.05, 4.69) is 20.2 Å². The maximum absolute atomic E-state index is 12.7. The zero-order chi connectivity index (χ0) is 22.7. The van der Waals surface area contributed by atoms with Gasteiger partial charge < -0.3 is 9.47 Å². The number of methoxy groups -OCH3 is 2. The summed E-state index contributed by atoms with van der Waals surface area (Å²) in [5, 5.41) is 9.17. The molecule has 1 saturated carbocycles. The number of hydrogen-bond acceptors (Lipinski definition) is 8. The normalized spacial score (nSPS) is 24.1. The number of ether oxygens (including phenoxy) is 2. The summed E-state index contributed by atoms with van der Waals surface area (Å²) in [4.78, 5) is 34.3. The molecule has 8 heteroatoms. The largest absolute Gasteiger partial charge is 0.466 e. The highest BCUT2D eigenvalue weighted by Crippen LogP contribution is 2.70. The summed E-state index contributed by atoms with van der Waals surface area (Å²) in [5.74, 6) is -1.17. The molecule has 6 rings (SSSR count). The van der Waals surface area contributed by atoms with Gasteiger partial charge in [-0.3, -0.25) is 9.97 Å². The molecule has 164 valence electrons. The van der Waals surface area contributed by atoms with E-state index in [9.17, 15) is 9.59 Å². The van der Waals surface area contributed by atoms with Gasteiger partial charge in [-0.2, -0.15) is 0 Å². The van der Waals surface area contributed by atoms with Gasteiger partial charge in [-0.05, 0) is 53.6 Å². The number of carbonyl (C=O) groups is 2. The lowest BCUT2D eigenvalue weighted by atomic mass is 9.59. The summed E-state index contributed by atoms with van der Waals surface area (Å²) in [6, 6.07) is 11.4. The lowest BCUT2D eigenvalue weighted by molar-refractivity contribution is -0.142. The fourth-order valence-corrected chi connectivity index (χ4v) is 6.00. The molecule has 0 N–H and O–H groups in total. The Hall–Kier alpha value is -3.94. The fraction of sp³-hybridized carbons (Fsp3) is 0.280. The van der Waals surface area contributed by atoms with Gasteiger partial charge in [-0.25, -0.2) is 9.59 Å². The third-order valence-electron chi connectivity index (χ3n) is 7.14. The number of pyridine rings is 2. The molecule has 3 aliphatic carbocycles. The molecule has 0 saturated heterocycles. The third-order valence-corrected chi connectivity index (χ3v) is 7.14. The van der Waals surface area contributed by atoms with Crippen LogP contribution in [-0.2, 0) is 19.1 Å². The third kappa shape index (κ3) is 2.63. The highest BCUT2D eigenvalue weighted by atomic mass is 16.5. The molecule has 0 aliphatic heterocycles. The fourth-order valence-electron chi connectivity index (χ4n) is 6.00. The van der Waals surface area contributed by atoms with Crippen LogP contribution in [-0.4, -0.2) is 46.3 Å². The predicted octanol–water partition coefficient (Wildman–Crippen LogP) is 3.07. The van der Waals surface area contributed by atoms with E-state index in [1.54, 1.807) is 12.4 Å². The standard InChI is InChI=1S/C25H20N4O4/c1-32-24(30)20-16-12-11-13(17(16)21(20)25(31)33-2)19-18(12)22(14-7-3-5-9-26-14)28-29-23(19)15-8-4-6-10-27-15/h3-10,12-13,16-17H,11H2,1-2H3/t12-,13+,16+,17-. The molecular formula is C25H20N4O4. The maximum Gasteiger partial charge on any atom is 0.334 e. The molecule has 3 aliphatic rings. The number of esters is 2. The SMILES string of the molecule is COC(=O)C1=C(C(=O)OC)[C@H]2[C@@H]1[C@H]1C[C@@H]2c2c(-c3ccccn3)nnc(-c3ccccn3)c21. The second kappa shape index (κ2) is 7.30. The van der Waals surface area contributed by atoms with Gasteiger partial charge >= 0.3 is 11.9 Å². The number of hydrogen-bond donors (Lipinski definition) is 0. The van der Waals surface area contributed by atoms with Crippen molar-refractivity contribution < 1.29 is 19.1 Å². The van der Waals surface area contributed by atoms with Gasteiger partial charge in [0, 0.05) is 24.2 Å². The molecule has 0 amide bonds. The average Bonchev–Trinajstić information content (AvgIpc) is 3.37. The van der Waals surface area contributed by atoms with Crippen LogP contribution in [0.2, 0.25) is 0 Å². The second-order valence-corrected chi connectivity index (χ2v) is 8.47. The van der Waals surface area contributed by atoms with Crippen LogP contribution in [0.3, 0.4) is 0 Å². The zero-order valence-electron chi connectivity index (χ0n) is 18.1. The first-order chi connectivity index (χ1) is 16.2. The summed E-state index contributed by atoms with van der Waals surface area (Å²) in [5.41, 5.74) is 5.83. The Morgan fingerprint density at radius 2 is 1.21 bits per heavy atom. The lowest BCUT2D eigenvalue weighted by Crippen LogP contribution is -2.42. The molecule has 33 heavy (non-hydrogen) atoms. The molecule has 2 bridgehead atoms. The van der Waals surface area contributed by atoms with E-state index in [0.29, 0.717) is 22.5 Å². The number of fused-ring (bicyclic) bond motifs is 8. The van der Waals surface area contributed by atoms with E-state index in [-0.39, 0.29) is 23.7 Å². The van der Waals surface area contributed by atoms with Crippen LogP contribution in [0.15, 0.2) is 59.9 Å². The van der Waals surface area contributed by atoms with Gasteiger partial charge in [-0.15, -0.1) is 10.2 Å². The van der Waals surface area contributed by atoms with Crippen LogP contribution in [0.5, 0.6) is 0 Å². The molecule has 8 nitrogen and oxygen atoms in total. The van der Waals surface area contributed by atoms with Crippen molar-refractivity contribution in [2.75, 3.05) is 14.2 Å². The Morgan fingerprint density at radius 1 is 0.758 bits per heavy atom. The highest BCUT2D eigenvalue weighted by molar-refractivity contribution is 6.05. The molecule has 3 aromatic rings. The molecule has 4 atom stereocenters. The Bertz CT molecular complexity index is 1220. The van der Waals surface area contributed by atoms with Gasteiger partial charge in [0.1, 0.15) is 11.4 Å². The van der Waals surface area contributed by atoms with E-state index in [1.165, 1.54) is 14.2 Å². The molecule has 0 aromatic carbocycles. The van der Waals surface area contributed by atoms with Gasteiger partial charge in [0.2, 0.25) is 0 Å². The quantitative estimate of drug-likeness (QED) is 0.570. The summed E-state index contributed by atoms with van der Waals surface area (Å²) in [6.07, 6.45) is 4.24. The monoisotopic (exact) mass is 440 g/mol. The molecular weight excluding hydrogens is 420 g/mol. The van der Waals surface area contributed by atoms with Crippen LogP contribution in [0.4, 0.5) is 0 Å². The first-order valence-electron chi connectivity index (χ1n) is 10.8. The van der Waals surface area contributed by atoms with Crippen LogP contribution in [0.25, 0.3) is 22.8 Å². The van der Waals surface area contributed by atoms with E-state index in [4.69, 9.17) is 9.47 Å². The second-order valence-electron chi connectivity index (χ2n) is 8.47. The Morgan fingerprint density at radius 3 is 1.58 bits per heavy atom. The Kier molecular flexibility index (Phi) is 4.36. The minimum absolute atomic E-state index is 0.00692. The first-order valence-corrected chi connectivity index (χ1v) is 10.8. The van der Waals surface area contributed by atoms with Crippen molar-refractivity contribution in [1.82, 2.24) is 20.2 Å². The first kappa shape index (κ1) is 19.7. The van der Waals surface area contributed by atoms with Crippen LogP contribution in [0, 0.1) is 11.8 Å². The van der Waals surface area contributed by atoms with Crippen molar-refractivity contribution >= 4 is 11.9 Å². The minimum atomic E-state index is -0.475. The number of nitrogens with zero attached hydrogens (tertiary/aromatic N) is 4. The van der Waals surface area contributed by atoms with Crippen molar-refractivity contribution in [2.24, 2.45) is 11.8 Å². The van der Waals surface area contributed by atoms with E-state index >= 15 is 0 Å². The van der Waals surface area contributed by atoms with E-state index in [1.807, 2.05) is 36.4 Å². The smallest absolute Gasteiger partial charge is 0.334 e. The van der Waals surface area contributed by atoms with Crippen molar-refractivity contribution in [1.29, 1.82) is 0 Å². The minimum Gasteiger partial charge on any atom is -0.466 e. The van der Waals surface area contributed by atoms with Gasteiger partial charge in [-0.1, -0.05) is 12.1 Å². The van der Waals surface area contributed by atoms with Crippen LogP contribution >= 0.6 is 0 Å². The molecule has 1 fully saturated rings. The Balaban J connectivity index is 1.58. The number of aromatic nitrogens is 4.